The van der Waals surface area contributed by atoms with Crippen molar-refractivity contribution in [1.29, 1.82) is 0 Å². The molecule has 0 aliphatic carbocycles. The zero-order valence-corrected chi connectivity index (χ0v) is 22.6. The molecule has 10 nitrogen and oxygen atoms in total. The number of nitrogens with one attached hydrogen (secondary N) is 1. The van der Waals surface area contributed by atoms with Crippen molar-refractivity contribution in [2.24, 2.45) is 0 Å². The first-order valence-corrected chi connectivity index (χ1v) is 13.1. The molecule has 0 bridgehead atoms. The highest BCUT2D eigenvalue weighted by molar-refractivity contribution is 5.90. The molecule has 0 saturated heterocycles. The number of para-hydroxylation sites is 1. The Morgan fingerprint density at radius 3 is 2.70 bits per heavy atom. The Bertz CT molecular complexity index is 1670. The minimum Gasteiger partial charge on any atom is -0.484 e. The number of fused-ring (bicyclic) bond motifs is 4. The van der Waals surface area contributed by atoms with E-state index in [1.54, 1.807) is 32.0 Å². The number of carbonyl (C=O) groups is 3. The summed E-state index contributed by atoms with van der Waals surface area (Å²) >= 11 is 0. The number of rotatable bonds is 8. The van der Waals surface area contributed by atoms with Gasteiger partial charge < -0.3 is 28.5 Å². The number of hydrogen-bond acceptors (Lipinski definition) is 8. The van der Waals surface area contributed by atoms with Crippen LogP contribution in [-0.2, 0) is 43.2 Å². The normalized spacial score (nSPS) is 14.7. The molecule has 2 aromatic heterocycles. The van der Waals surface area contributed by atoms with Crippen molar-refractivity contribution in [3.8, 4) is 5.75 Å². The van der Waals surface area contributed by atoms with Gasteiger partial charge in [0.05, 0.1) is 20.3 Å². The lowest BCUT2D eigenvalue weighted by molar-refractivity contribution is -0.154. The van der Waals surface area contributed by atoms with E-state index in [0.717, 1.165) is 22.2 Å². The van der Waals surface area contributed by atoms with Crippen molar-refractivity contribution < 1.29 is 33.0 Å². The summed E-state index contributed by atoms with van der Waals surface area (Å²) in [5, 5.41) is 1.72. The van der Waals surface area contributed by atoms with Crippen LogP contribution in [0.2, 0.25) is 0 Å². The SMILES string of the molecule is CCOC(=O)CCc1c(C)c2ccc(OCC(=O)N3Cc4[nH]c5ccccc5c4C[C@H]3C(=O)OC)cc2oc1=O. The Morgan fingerprint density at radius 1 is 1.12 bits per heavy atom. The van der Waals surface area contributed by atoms with Crippen LogP contribution in [0.3, 0.4) is 0 Å². The fourth-order valence-corrected chi connectivity index (χ4v) is 5.26. The number of aromatic amines is 1. The molecular weight excluding hydrogens is 516 g/mol. The minimum absolute atomic E-state index is 0.0807. The average molecular weight is 547 g/mol. The number of esters is 2. The number of amides is 1. The summed E-state index contributed by atoms with van der Waals surface area (Å²) in [4.78, 5) is 55.1. The Morgan fingerprint density at radius 2 is 1.93 bits per heavy atom. The van der Waals surface area contributed by atoms with Gasteiger partial charge in [0, 0.05) is 46.5 Å². The van der Waals surface area contributed by atoms with Crippen molar-refractivity contribution >= 4 is 39.7 Å². The number of H-pyrrole nitrogens is 1. The molecule has 1 aliphatic rings. The van der Waals surface area contributed by atoms with Crippen LogP contribution in [-0.4, -0.2) is 54.1 Å². The highest BCUT2D eigenvalue weighted by atomic mass is 16.5. The molecule has 1 amide bonds. The lowest BCUT2D eigenvalue weighted by Crippen LogP contribution is -2.50. The summed E-state index contributed by atoms with van der Waals surface area (Å²) in [5.74, 6) is -0.919. The number of hydrogen-bond donors (Lipinski definition) is 1. The van der Waals surface area contributed by atoms with Crippen LogP contribution in [0.1, 0.15) is 35.7 Å². The van der Waals surface area contributed by atoms with Gasteiger partial charge in [0.15, 0.2) is 6.61 Å². The summed E-state index contributed by atoms with van der Waals surface area (Å²) in [7, 11) is 1.30. The molecule has 10 heteroatoms. The molecule has 5 rings (SSSR count). The van der Waals surface area contributed by atoms with E-state index in [4.69, 9.17) is 18.6 Å². The maximum absolute atomic E-state index is 13.3. The number of nitrogens with zero attached hydrogens (tertiary/aromatic N) is 1. The topological polar surface area (TPSA) is 128 Å². The summed E-state index contributed by atoms with van der Waals surface area (Å²) in [6.45, 7) is 3.69. The van der Waals surface area contributed by atoms with E-state index < -0.39 is 17.6 Å². The third kappa shape index (κ3) is 5.16. The minimum atomic E-state index is -0.780. The molecule has 1 N–H and O–H groups in total. The maximum Gasteiger partial charge on any atom is 0.339 e. The van der Waals surface area contributed by atoms with Crippen LogP contribution >= 0.6 is 0 Å². The highest BCUT2D eigenvalue weighted by Crippen LogP contribution is 2.31. The number of aryl methyl sites for hydroxylation is 1. The third-order valence-corrected chi connectivity index (χ3v) is 7.30. The second-order valence-corrected chi connectivity index (χ2v) is 9.64. The Hall–Kier alpha value is -4.60. The molecule has 208 valence electrons. The van der Waals surface area contributed by atoms with E-state index in [1.165, 1.54) is 12.0 Å². The van der Waals surface area contributed by atoms with Crippen LogP contribution in [0.15, 0.2) is 51.7 Å². The molecule has 40 heavy (non-hydrogen) atoms. The molecule has 3 heterocycles. The maximum atomic E-state index is 13.3. The van der Waals surface area contributed by atoms with Crippen LogP contribution in [0.4, 0.5) is 0 Å². The first-order chi connectivity index (χ1) is 19.3. The molecule has 4 aromatic rings. The predicted octanol–water partition coefficient (Wildman–Crippen LogP) is 3.58. The number of ether oxygens (including phenoxy) is 3. The van der Waals surface area contributed by atoms with Crippen LogP contribution in [0.5, 0.6) is 5.75 Å². The molecular formula is C30H30N2O8. The molecule has 1 atom stereocenters. The first-order valence-electron chi connectivity index (χ1n) is 13.1. The van der Waals surface area contributed by atoms with Gasteiger partial charge >= 0.3 is 17.6 Å². The summed E-state index contributed by atoms with van der Waals surface area (Å²) in [5.41, 5.74) is 3.71. The van der Waals surface area contributed by atoms with Gasteiger partial charge in [-0.15, -0.1) is 0 Å². The lowest BCUT2D eigenvalue weighted by atomic mass is 9.96. The predicted molar refractivity (Wildman–Crippen MR) is 146 cm³/mol. The number of aromatic nitrogens is 1. The molecule has 0 spiro atoms. The second kappa shape index (κ2) is 11.3. The zero-order valence-electron chi connectivity index (χ0n) is 22.6. The fourth-order valence-electron chi connectivity index (χ4n) is 5.26. The van der Waals surface area contributed by atoms with E-state index >= 15 is 0 Å². The summed E-state index contributed by atoms with van der Waals surface area (Å²) in [6, 6.07) is 12.0. The molecule has 0 radical (unpaired) electrons. The first kappa shape index (κ1) is 27.0. The van der Waals surface area contributed by atoms with Gasteiger partial charge in [0.1, 0.15) is 17.4 Å². The molecule has 0 unspecified atom stereocenters. The standard InChI is InChI=1S/C30H30N2O8/c1-4-38-28(34)12-11-20-17(2)19-10-9-18(13-26(19)40-29(20)35)39-16-27(33)32-15-24-22(14-25(32)30(36)37-3)21-7-5-6-8-23(21)31-24/h5-10,13,25,31H,4,11-12,14-16H2,1-3H3/t25-/m0/s1. The third-order valence-electron chi connectivity index (χ3n) is 7.30. The van der Waals surface area contributed by atoms with Gasteiger partial charge in [-0.05, 0) is 49.6 Å². The van der Waals surface area contributed by atoms with Gasteiger partial charge in [0.25, 0.3) is 5.91 Å². The summed E-state index contributed by atoms with van der Waals surface area (Å²) in [6.07, 6.45) is 0.624. The van der Waals surface area contributed by atoms with Crippen LogP contribution < -0.4 is 10.4 Å². The number of carbonyl (C=O) groups excluding carboxylic acids is 3. The van der Waals surface area contributed by atoms with Gasteiger partial charge in [-0.3, -0.25) is 9.59 Å². The van der Waals surface area contributed by atoms with E-state index in [0.29, 0.717) is 34.3 Å². The monoisotopic (exact) mass is 546 g/mol. The van der Waals surface area contributed by atoms with Crippen molar-refractivity contribution in [3.63, 3.8) is 0 Å². The Kier molecular flexibility index (Phi) is 7.59. The van der Waals surface area contributed by atoms with E-state index in [2.05, 4.69) is 4.98 Å². The van der Waals surface area contributed by atoms with E-state index in [9.17, 15) is 19.2 Å². The van der Waals surface area contributed by atoms with Gasteiger partial charge in [-0.1, -0.05) is 18.2 Å². The van der Waals surface area contributed by atoms with Crippen LogP contribution in [0.25, 0.3) is 21.9 Å². The van der Waals surface area contributed by atoms with Gasteiger partial charge in [-0.25, -0.2) is 9.59 Å². The number of methoxy groups -OCH3 is 1. The van der Waals surface area contributed by atoms with Crippen molar-refractivity contribution in [2.75, 3.05) is 20.3 Å². The average Bonchev–Trinajstić information content (AvgIpc) is 3.32. The highest BCUT2D eigenvalue weighted by Gasteiger charge is 2.37. The quantitative estimate of drug-likeness (QED) is 0.262. The van der Waals surface area contributed by atoms with E-state index in [1.807, 2.05) is 24.3 Å². The van der Waals surface area contributed by atoms with Crippen molar-refractivity contribution in [2.45, 2.75) is 45.7 Å². The Labute approximate surface area is 229 Å². The van der Waals surface area contributed by atoms with Crippen LogP contribution in [0, 0.1) is 6.92 Å². The molecule has 1 aliphatic heterocycles. The zero-order chi connectivity index (χ0) is 28.4. The second-order valence-electron chi connectivity index (χ2n) is 9.64. The largest absolute Gasteiger partial charge is 0.484 e. The van der Waals surface area contributed by atoms with Crippen molar-refractivity contribution in [1.82, 2.24) is 9.88 Å². The van der Waals surface area contributed by atoms with Gasteiger partial charge in [0.2, 0.25) is 0 Å². The number of benzene rings is 2. The molecule has 2 aromatic carbocycles. The van der Waals surface area contributed by atoms with Crippen molar-refractivity contribution in [3.05, 3.63) is 75.3 Å². The molecule has 0 fully saturated rings. The molecule has 0 saturated carbocycles. The lowest BCUT2D eigenvalue weighted by Gasteiger charge is -2.33. The van der Waals surface area contributed by atoms with Gasteiger partial charge in [-0.2, -0.15) is 0 Å². The fraction of sp³-hybridized carbons (Fsp3) is 0.333. The summed E-state index contributed by atoms with van der Waals surface area (Å²) < 4.78 is 21.2. The smallest absolute Gasteiger partial charge is 0.339 e. The Balaban J connectivity index is 1.32. The van der Waals surface area contributed by atoms with E-state index in [-0.39, 0.29) is 44.5 Å².